The van der Waals surface area contributed by atoms with Crippen LogP contribution in [0.1, 0.15) is 28.9 Å². The third kappa shape index (κ3) is 6.07. The molecule has 0 bridgehead atoms. The molecule has 0 saturated heterocycles. The number of aliphatic hydroxyl groups excluding tert-OH is 1. The summed E-state index contributed by atoms with van der Waals surface area (Å²) in [6.07, 6.45) is 3.79. The van der Waals surface area contributed by atoms with Crippen molar-refractivity contribution in [2.45, 2.75) is 13.0 Å². The second-order valence-corrected chi connectivity index (χ2v) is 5.63. The third-order valence-electron chi connectivity index (χ3n) is 3.94. The molecule has 4 aromatic rings. The second kappa shape index (κ2) is 12.6. The fraction of sp³-hybridized carbons (Fsp3) is 0.0909. The first-order chi connectivity index (χ1) is 12.2. The maximum absolute atomic E-state index is 10.6. The Morgan fingerprint density at radius 1 is 0.857 bits per heavy atom. The van der Waals surface area contributed by atoms with Gasteiger partial charge >= 0.3 is 23.1 Å². The van der Waals surface area contributed by atoms with Gasteiger partial charge < -0.3 is 29.5 Å². The zero-order valence-electron chi connectivity index (χ0n) is 15.9. The van der Waals surface area contributed by atoms with Crippen molar-refractivity contribution in [3.63, 3.8) is 0 Å². The summed E-state index contributed by atoms with van der Waals surface area (Å²) in [5.74, 6) is 0. The van der Waals surface area contributed by atoms with Gasteiger partial charge in [-0.3, -0.25) is 14.8 Å². The number of aliphatic hydroxyl groups is 1. The summed E-state index contributed by atoms with van der Waals surface area (Å²) in [4.78, 5) is 18.9. The van der Waals surface area contributed by atoms with Crippen LogP contribution >= 0.6 is 0 Å². The molecule has 0 aliphatic heterocycles. The van der Waals surface area contributed by atoms with Crippen LogP contribution in [0.15, 0.2) is 73.1 Å². The molecule has 0 spiro atoms. The van der Waals surface area contributed by atoms with Crippen LogP contribution in [0.5, 0.6) is 0 Å². The van der Waals surface area contributed by atoms with Gasteiger partial charge in [0.1, 0.15) is 0 Å². The number of carbonyl (C=O) groups excluding carboxylic acids is 1. The van der Waals surface area contributed by atoms with Gasteiger partial charge in [-0.1, -0.05) is 36.4 Å². The maximum Gasteiger partial charge on any atom is 2.00 e. The number of pyridine rings is 2. The molecule has 1 N–H and O–H groups in total. The molecule has 0 amide bonds. The van der Waals surface area contributed by atoms with E-state index in [0.717, 1.165) is 33.7 Å². The minimum atomic E-state index is -0.437. The number of nitrogens with zero attached hydrogens (tertiary/aromatic N) is 2. The number of benzene rings is 2. The molecule has 0 aliphatic rings. The molecule has 1 atom stereocenters. The van der Waals surface area contributed by atoms with Crippen molar-refractivity contribution in [3.05, 3.63) is 91.6 Å². The molecule has 1 unspecified atom stereocenters. The van der Waals surface area contributed by atoms with Gasteiger partial charge in [-0.15, -0.1) is 0 Å². The van der Waals surface area contributed by atoms with Gasteiger partial charge in [0.15, 0.2) is 6.29 Å². The summed E-state index contributed by atoms with van der Waals surface area (Å²) in [5, 5.41) is 11.4. The smallest absolute Gasteiger partial charge is 1.00 e. The topological polar surface area (TPSA) is 63.1 Å². The number of rotatable bonds is 2. The minimum absolute atomic E-state index is 0. The van der Waals surface area contributed by atoms with Crippen LogP contribution in [0.4, 0.5) is 0 Å². The first kappa shape index (κ1) is 26.1. The number of hydrogen-bond donors (Lipinski definition) is 1. The number of aromatic nitrogens is 2. The van der Waals surface area contributed by atoms with E-state index >= 15 is 0 Å². The molecular formula is C22H21BrMgN2O2. The summed E-state index contributed by atoms with van der Waals surface area (Å²) in [6, 6.07) is 19.0. The summed E-state index contributed by atoms with van der Waals surface area (Å²) in [6.45, 7) is 1.77. The maximum atomic E-state index is 10.6. The van der Waals surface area contributed by atoms with Crippen molar-refractivity contribution in [2.75, 3.05) is 0 Å². The van der Waals surface area contributed by atoms with E-state index in [4.69, 9.17) is 0 Å². The molecule has 140 valence electrons. The van der Waals surface area contributed by atoms with E-state index in [0.29, 0.717) is 5.56 Å². The molecule has 0 saturated carbocycles. The number of carbonyl (C=O) groups is 1. The van der Waals surface area contributed by atoms with Crippen LogP contribution in [0, 0.1) is 7.43 Å². The van der Waals surface area contributed by atoms with Gasteiger partial charge in [0.2, 0.25) is 0 Å². The van der Waals surface area contributed by atoms with Gasteiger partial charge in [-0.25, -0.2) is 0 Å². The molecule has 0 aliphatic carbocycles. The SMILES string of the molecule is CC(O)c1ccnc2ccccc12.O=Cc1ccnc2ccccc12.[Br-].[CH3-].[Mg+2]. The Balaban J connectivity index is 0.000000471. The first-order valence-electron chi connectivity index (χ1n) is 8.01. The van der Waals surface area contributed by atoms with Crippen LogP contribution in [0.2, 0.25) is 0 Å². The fourth-order valence-electron chi connectivity index (χ4n) is 2.70. The molecule has 0 fully saturated rings. The van der Waals surface area contributed by atoms with Crippen molar-refractivity contribution in [3.8, 4) is 0 Å². The predicted molar refractivity (Wildman–Crippen MR) is 112 cm³/mol. The molecule has 6 heteroatoms. The molecule has 0 radical (unpaired) electrons. The molecular weight excluding hydrogens is 428 g/mol. The molecule has 2 heterocycles. The average molecular weight is 450 g/mol. The Labute approximate surface area is 192 Å². The molecule has 4 rings (SSSR count). The second-order valence-electron chi connectivity index (χ2n) is 5.63. The van der Waals surface area contributed by atoms with Gasteiger partial charge in [-0.05, 0) is 36.8 Å². The Morgan fingerprint density at radius 2 is 1.36 bits per heavy atom. The van der Waals surface area contributed by atoms with Crippen molar-refractivity contribution >= 4 is 51.1 Å². The van der Waals surface area contributed by atoms with E-state index in [9.17, 15) is 9.90 Å². The van der Waals surface area contributed by atoms with Crippen LogP contribution in [-0.4, -0.2) is 44.4 Å². The number of hydrogen-bond acceptors (Lipinski definition) is 4. The van der Waals surface area contributed by atoms with Crippen LogP contribution < -0.4 is 17.0 Å². The molecule has 4 nitrogen and oxygen atoms in total. The third-order valence-corrected chi connectivity index (χ3v) is 3.94. The Bertz CT molecular complexity index is 1010. The summed E-state index contributed by atoms with van der Waals surface area (Å²) < 4.78 is 0. The van der Waals surface area contributed by atoms with E-state index in [1.807, 2.05) is 54.6 Å². The van der Waals surface area contributed by atoms with Crippen molar-refractivity contribution in [1.29, 1.82) is 0 Å². The first-order valence-corrected chi connectivity index (χ1v) is 8.01. The van der Waals surface area contributed by atoms with Gasteiger partial charge in [0.05, 0.1) is 17.1 Å². The number of aldehydes is 1. The standard InChI is InChI=1S/C11H11NO.C10H7NO.CH3.BrH.Mg/c1-8(13)9-6-7-12-11-5-3-2-4-10(9)11;12-7-8-5-6-11-10-4-2-1-3-9(8)10;;;/h2-8,13H,1H3;1-7H;1H3;1H;/q;;-1;;+2/p-1. The molecule has 28 heavy (non-hydrogen) atoms. The number of halogens is 1. The zero-order chi connectivity index (χ0) is 17.6. The van der Waals surface area contributed by atoms with E-state index in [-0.39, 0.29) is 47.5 Å². The Kier molecular flexibility index (Phi) is 11.7. The minimum Gasteiger partial charge on any atom is -1.00 e. The normalized spacial score (nSPS) is 10.4. The summed E-state index contributed by atoms with van der Waals surface area (Å²) >= 11 is 0. The van der Waals surface area contributed by atoms with Gasteiger partial charge in [0.25, 0.3) is 0 Å². The van der Waals surface area contributed by atoms with E-state index in [1.165, 1.54) is 0 Å². The Morgan fingerprint density at radius 3 is 1.93 bits per heavy atom. The van der Waals surface area contributed by atoms with Gasteiger partial charge in [0, 0.05) is 28.7 Å². The fourth-order valence-corrected chi connectivity index (χ4v) is 2.70. The van der Waals surface area contributed by atoms with E-state index in [1.54, 1.807) is 25.4 Å². The Hall–Kier alpha value is -1.86. The van der Waals surface area contributed by atoms with Crippen molar-refractivity contribution in [2.24, 2.45) is 0 Å². The van der Waals surface area contributed by atoms with Crippen molar-refractivity contribution < 1.29 is 26.9 Å². The molecule has 2 aromatic carbocycles. The van der Waals surface area contributed by atoms with E-state index in [2.05, 4.69) is 9.97 Å². The quantitative estimate of drug-likeness (QED) is 0.286. The number of para-hydroxylation sites is 2. The number of fused-ring (bicyclic) bond motifs is 2. The van der Waals surface area contributed by atoms with Crippen LogP contribution in [0.3, 0.4) is 0 Å². The average Bonchev–Trinajstić information content (AvgIpc) is 2.67. The summed E-state index contributed by atoms with van der Waals surface area (Å²) in [7, 11) is 0. The largest absolute Gasteiger partial charge is 2.00 e. The predicted octanol–water partition coefficient (Wildman–Crippen LogP) is 1.41. The monoisotopic (exact) mass is 448 g/mol. The molecule has 2 aromatic heterocycles. The van der Waals surface area contributed by atoms with Gasteiger partial charge in [-0.2, -0.15) is 0 Å². The zero-order valence-corrected chi connectivity index (χ0v) is 18.9. The van der Waals surface area contributed by atoms with E-state index < -0.39 is 6.10 Å². The van der Waals surface area contributed by atoms with Crippen LogP contribution in [-0.2, 0) is 0 Å². The van der Waals surface area contributed by atoms with Crippen molar-refractivity contribution in [1.82, 2.24) is 9.97 Å². The summed E-state index contributed by atoms with van der Waals surface area (Å²) in [5.41, 5.74) is 3.43. The van der Waals surface area contributed by atoms with Crippen LogP contribution in [0.25, 0.3) is 21.8 Å².